The molecule has 31 heavy (non-hydrogen) atoms. The van der Waals surface area contributed by atoms with Crippen LogP contribution in [0, 0.1) is 5.82 Å². The van der Waals surface area contributed by atoms with Crippen LogP contribution in [0.15, 0.2) is 48.5 Å². The van der Waals surface area contributed by atoms with Crippen LogP contribution in [0.1, 0.15) is 18.1 Å². The van der Waals surface area contributed by atoms with Gasteiger partial charge in [-0.1, -0.05) is 43.3 Å². The molecule has 6 nitrogen and oxygen atoms in total. The molecule has 0 saturated carbocycles. The van der Waals surface area contributed by atoms with Crippen LogP contribution in [0.2, 0.25) is 0 Å². The zero-order chi connectivity index (χ0) is 22.2. The van der Waals surface area contributed by atoms with Gasteiger partial charge in [-0.2, -0.15) is 0 Å². The number of quaternary nitrogens is 2. The van der Waals surface area contributed by atoms with Crippen LogP contribution in [0.4, 0.5) is 10.1 Å². The number of halogens is 1. The molecule has 0 atom stereocenters. The minimum Gasteiger partial charge on any atom is -0.336 e. The fraction of sp³-hybridized carbons (Fsp3) is 0.417. The molecule has 0 spiro atoms. The van der Waals surface area contributed by atoms with Gasteiger partial charge in [0.1, 0.15) is 32.0 Å². The number of hydrogen-bond donors (Lipinski definition) is 3. The third kappa shape index (κ3) is 6.60. The molecule has 0 unspecified atom stereocenters. The number of nitrogens with one attached hydrogen (secondary N) is 3. The largest absolute Gasteiger partial charge is 0.336 e. The third-order valence-corrected chi connectivity index (χ3v) is 5.94. The molecular formula is C24H33FN4O2+2. The predicted molar refractivity (Wildman–Crippen MR) is 118 cm³/mol. The van der Waals surface area contributed by atoms with Gasteiger partial charge in [0.2, 0.25) is 0 Å². The Bertz CT molecular complexity index is 897. The molecule has 1 aliphatic heterocycles. The first-order chi connectivity index (χ1) is 15.0. The molecule has 1 fully saturated rings. The molecular weight excluding hydrogens is 395 g/mol. The van der Waals surface area contributed by atoms with Crippen LogP contribution in [-0.4, -0.2) is 63.0 Å². The van der Waals surface area contributed by atoms with Crippen molar-refractivity contribution in [3.05, 3.63) is 65.5 Å². The Labute approximate surface area is 183 Å². The van der Waals surface area contributed by atoms with E-state index in [2.05, 4.69) is 12.2 Å². The summed E-state index contributed by atoms with van der Waals surface area (Å²) in [5.74, 6) is -0.248. The van der Waals surface area contributed by atoms with E-state index in [0.717, 1.165) is 43.9 Å². The number of amides is 2. The maximum Gasteiger partial charge on any atom is 0.279 e. The highest BCUT2D eigenvalue weighted by molar-refractivity contribution is 5.92. The third-order valence-electron chi connectivity index (χ3n) is 5.94. The van der Waals surface area contributed by atoms with Gasteiger partial charge in [0.15, 0.2) is 13.1 Å². The molecule has 166 valence electrons. The maximum atomic E-state index is 13.8. The van der Waals surface area contributed by atoms with Gasteiger partial charge in [-0.3, -0.25) is 9.59 Å². The molecule has 3 rings (SSSR count). The zero-order valence-electron chi connectivity index (χ0n) is 18.4. The molecule has 0 aromatic heterocycles. The lowest BCUT2D eigenvalue weighted by Gasteiger charge is -2.30. The van der Waals surface area contributed by atoms with E-state index in [1.165, 1.54) is 15.9 Å². The molecule has 0 aliphatic carbocycles. The van der Waals surface area contributed by atoms with Crippen LogP contribution in [0.5, 0.6) is 0 Å². The second kappa shape index (κ2) is 11.0. The number of carbonyl (C=O) groups is 2. The molecule has 1 aliphatic rings. The fourth-order valence-corrected chi connectivity index (χ4v) is 4.00. The second-order valence-corrected chi connectivity index (χ2v) is 8.25. The number of nitrogens with zero attached hydrogens (tertiary/aromatic N) is 1. The first kappa shape index (κ1) is 22.9. The van der Waals surface area contributed by atoms with E-state index in [1.807, 2.05) is 24.3 Å². The van der Waals surface area contributed by atoms with E-state index in [1.54, 1.807) is 30.1 Å². The standard InChI is InChI=1S/C24H31FN4O2/c1-3-19-8-5-7-11-22(19)26-23(30)17-28-12-14-29(15-13-28)18-24(31)27(2)16-20-9-4-6-10-21(20)25/h4-11H,3,12-18H2,1-2H3,(H,26,30)/p+2. The van der Waals surface area contributed by atoms with E-state index in [9.17, 15) is 14.0 Å². The van der Waals surface area contributed by atoms with Gasteiger partial charge in [-0.25, -0.2) is 4.39 Å². The lowest BCUT2D eigenvalue weighted by molar-refractivity contribution is -1.00. The highest BCUT2D eigenvalue weighted by Gasteiger charge is 2.27. The Kier molecular flexibility index (Phi) is 8.14. The average molecular weight is 429 g/mol. The fourth-order valence-electron chi connectivity index (χ4n) is 4.00. The Balaban J connectivity index is 1.41. The van der Waals surface area contributed by atoms with Crippen molar-refractivity contribution in [2.45, 2.75) is 19.9 Å². The summed E-state index contributed by atoms with van der Waals surface area (Å²) in [4.78, 5) is 29.1. The van der Waals surface area contributed by atoms with Crippen molar-refractivity contribution in [1.82, 2.24) is 4.90 Å². The van der Waals surface area contributed by atoms with Gasteiger partial charge in [0.05, 0.1) is 0 Å². The number of para-hydroxylation sites is 1. The van der Waals surface area contributed by atoms with Crippen molar-refractivity contribution in [3.8, 4) is 0 Å². The van der Waals surface area contributed by atoms with E-state index in [0.29, 0.717) is 18.7 Å². The highest BCUT2D eigenvalue weighted by Crippen LogP contribution is 2.14. The first-order valence-electron chi connectivity index (χ1n) is 11.0. The van der Waals surface area contributed by atoms with E-state index in [4.69, 9.17) is 0 Å². The zero-order valence-corrected chi connectivity index (χ0v) is 18.4. The quantitative estimate of drug-likeness (QED) is 0.544. The number of carbonyl (C=O) groups excluding carboxylic acids is 2. The number of likely N-dealkylation sites (N-methyl/N-ethyl adjacent to an activating group) is 1. The maximum absolute atomic E-state index is 13.8. The van der Waals surface area contributed by atoms with Gasteiger partial charge >= 0.3 is 0 Å². The van der Waals surface area contributed by atoms with Gasteiger partial charge in [0, 0.05) is 24.8 Å². The van der Waals surface area contributed by atoms with E-state index < -0.39 is 0 Å². The number of anilines is 1. The molecule has 1 heterocycles. The van der Waals surface area contributed by atoms with Gasteiger partial charge in [-0.15, -0.1) is 0 Å². The van der Waals surface area contributed by atoms with Crippen molar-refractivity contribution in [3.63, 3.8) is 0 Å². The molecule has 1 saturated heterocycles. The van der Waals surface area contributed by atoms with Crippen LogP contribution in [0.25, 0.3) is 0 Å². The SMILES string of the molecule is CCc1ccccc1NC(=O)C[NH+]1CC[NH+](CC(=O)N(C)Cc2ccccc2F)CC1. The number of hydrogen-bond acceptors (Lipinski definition) is 2. The smallest absolute Gasteiger partial charge is 0.279 e. The van der Waals surface area contributed by atoms with E-state index in [-0.39, 0.29) is 24.2 Å². The van der Waals surface area contributed by atoms with Gasteiger partial charge in [-0.05, 0) is 24.1 Å². The van der Waals surface area contributed by atoms with Gasteiger partial charge in [0.25, 0.3) is 11.8 Å². The molecule has 2 aromatic carbocycles. The van der Waals surface area contributed by atoms with Crippen LogP contribution in [-0.2, 0) is 22.6 Å². The number of rotatable bonds is 8. The first-order valence-corrected chi connectivity index (χ1v) is 11.0. The Hall–Kier alpha value is -2.77. The molecule has 2 amide bonds. The average Bonchev–Trinajstić information content (AvgIpc) is 2.77. The summed E-state index contributed by atoms with van der Waals surface area (Å²) in [7, 11) is 1.72. The summed E-state index contributed by atoms with van der Waals surface area (Å²) < 4.78 is 13.8. The Morgan fingerprint density at radius 3 is 2.16 bits per heavy atom. The number of piperazine rings is 1. The van der Waals surface area contributed by atoms with Crippen molar-refractivity contribution in [1.29, 1.82) is 0 Å². The number of benzene rings is 2. The number of aryl methyl sites for hydroxylation is 1. The van der Waals surface area contributed by atoms with Crippen molar-refractivity contribution in [2.24, 2.45) is 0 Å². The summed E-state index contributed by atoms with van der Waals surface area (Å²) in [6, 6.07) is 14.4. The van der Waals surface area contributed by atoms with Crippen molar-refractivity contribution < 1.29 is 23.8 Å². The van der Waals surface area contributed by atoms with Crippen molar-refractivity contribution in [2.75, 3.05) is 51.6 Å². The van der Waals surface area contributed by atoms with E-state index >= 15 is 0 Å². The summed E-state index contributed by atoms with van der Waals surface area (Å²) in [6.07, 6.45) is 0.880. The molecule has 2 aromatic rings. The molecule has 0 radical (unpaired) electrons. The van der Waals surface area contributed by atoms with Crippen molar-refractivity contribution >= 4 is 17.5 Å². The van der Waals surface area contributed by atoms with Crippen LogP contribution >= 0.6 is 0 Å². The monoisotopic (exact) mass is 428 g/mol. The minimum absolute atomic E-state index is 0.00983. The molecule has 7 heteroatoms. The summed E-state index contributed by atoms with van der Waals surface area (Å²) in [5.41, 5.74) is 2.55. The Morgan fingerprint density at radius 1 is 0.935 bits per heavy atom. The summed E-state index contributed by atoms with van der Waals surface area (Å²) in [6.45, 7) is 6.56. The van der Waals surface area contributed by atoms with Gasteiger partial charge < -0.3 is 20.0 Å². The predicted octanol–water partition coefficient (Wildman–Crippen LogP) is -0.231. The van der Waals surface area contributed by atoms with Crippen LogP contribution in [0.3, 0.4) is 0 Å². The molecule has 0 bridgehead atoms. The summed E-state index contributed by atoms with van der Waals surface area (Å²) in [5, 5.41) is 3.04. The highest BCUT2D eigenvalue weighted by atomic mass is 19.1. The Morgan fingerprint density at radius 2 is 1.52 bits per heavy atom. The lowest BCUT2D eigenvalue weighted by atomic mass is 10.1. The summed E-state index contributed by atoms with van der Waals surface area (Å²) >= 11 is 0. The lowest BCUT2D eigenvalue weighted by Crippen LogP contribution is -3.28. The van der Waals surface area contributed by atoms with Crippen LogP contribution < -0.4 is 15.1 Å². The topological polar surface area (TPSA) is 58.3 Å². The molecule has 3 N–H and O–H groups in total. The normalized spacial score (nSPS) is 18.4. The minimum atomic E-state index is -0.286. The second-order valence-electron chi connectivity index (χ2n) is 8.25.